The quantitative estimate of drug-likeness (QED) is 0.901. The molecular weight excluding hydrogens is 329 g/mol. The van der Waals surface area contributed by atoms with E-state index in [-0.39, 0.29) is 12.1 Å². The smallest absolute Gasteiger partial charge is 0.321 e. The van der Waals surface area contributed by atoms with Gasteiger partial charge in [-0.25, -0.2) is 9.18 Å². The highest BCUT2D eigenvalue weighted by molar-refractivity contribution is 7.09. The molecule has 1 aliphatic rings. The van der Waals surface area contributed by atoms with Crippen molar-refractivity contribution in [3.05, 3.63) is 34.8 Å². The number of alkyl halides is 1. The van der Waals surface area contributed by atoms with E-state index < -0.39 is 6.17 Å². The second-order valence-electron chi connectivity index (χ2n) is 6.21. The van der Waals surface area contributed by atoms with Gasteiger partial charge in [-0.1, -0.05) is 6.07 Å². The zero-order valence-electron chi connectivity index (χ0n) is 13.9. The minimum absolute atomic E-state index is 0.0340. The number of aryl methyl sites for hydroxylation is 1. The van der Waals surface area contributed by atoms with Crippen molar-refractivity contribution in [1.29, 1.82) is 0 Å². The molecule has 8 heteroatoms. The molecule has 0 bridgehead atoms. The van der Waals surface area contributed by atoms with Crippen molar-refractivity contribution < 1.29 is 9.18 Å². The van der Waals surface area contributed by atoms with E-state index in [1.807, 2.05) is 11.4 Å². The van der Waals surface area contributed by atoms with Gasteiger partial charge in [-0.2, -0.15) is 5.10 Å². The van der Waals surface area contributed by atoms with E-state index in [4.69, 9.17) is 0 Å². The number of rotatable bonds is 5. The van der Waals surface area contributed by atoms with Gasteiger partial charge in [0, 0.05) is 50.8 Å². The van der Waals surface area contributed by atoms with E-state index >= 15 is 0 Å². The maximum absolute atomic E-state index is 13.9. The first-order chi connectivity index (χ1) is 11.5. The number of amides is 2. The van der Waals surface area contributed by atoms with Gasteiger partial charge in [0.25, 0.3) is 0 Å². The van der Waals surface area contributed by atoms with Crippen molar-refractivity contribution in [2.24, 2.45) is 7.05 Å². The van der Waals surface area contributed by atoms with Crippen molar-refractivity contribution in [2.75, 3.05) is 25.5 Å². The second kappa shape index (κ2) is 7.31. The molecule has 24 heavy (non-hydrogen) atoms. The normalized spacial score (nSPS) is 21.1. The average molecular weight is 351 g/mol. The Kier molecular flexibility index (Phi) is 5.15. The number of likely N-dealkylation sites (N-methyl/N-ethyl adjacent to an activating group) is 1. The molecule has 1 fully saturated rings. The first kappa shape index (κ1) is 16.9. The number of anilines is 1. The van der Waals surface area contributed by atoms with Crippen LogP contribution in [0.2, 0.25) is 0 Å². The number of hydrogen-bond acceptors (Lipinski definition) is 4. The number of halogens is 1. The van der Waals surface area contributed by atoms with Crippen LogP contribution in [-0.2, 0) is 13.6 Å². The minimum Gasteiger partial charge on any atom is -0.326 e. The Labute approximate surface area is 144 Å². The number of likely N-dealkylation sites (tertiary alicyclic amines) is 1. The lowest BCUT2D eigenvalue weighted by Crippen LogP contribution is -2.42. The fourth-order valence-corrected chi connectivity index (χ4v) is 3.74. The summed E-state index contributed by atoms with van der Waals surface area (Å²) in [5, 5.41) is 8.85. The summed E-state index contributed by atoms with van der Waals surface area (Å²) in [6, 6.07) is 3.89. The molecule has 1 N–H and O–H groups in total. The summed E-state index contributed by atoms with van der Waals surface area (Å²) in [6.45, 7) is 1.67. The van der Waals surface area contributed by atoms with Crippen LogP contribution in [0.5, 0.6) is 0 Å². The molecule has 0 radical (unpaired) electrons. The molecule has 0 spiro atoms. The van der Waals surface area contributed by atoms with Crippen LogP contribution in [-0.4, -0.2) is 58.0 Å². The molecule has 2 amide bonds. The van der Waals surface area contributed by atoms with Gasteiger partial charge in [-0.3, -0.25) is 9.58 Å². The first-order valence-corrected chi connectivity index (χ1v) is 8.80. The lowest BCUT2D eigenvalue weighted by Gasteiger charge is -2.28. The molecule has 0 saturated carbocycles. The second-order valence-corrected chi connectivity index (χ2v) is 7.24. The van der Waals surface area contributed by atoms with Gasteiger partial charge in [0.15, 0.2) is 0 Å². The van der Waals surface area contributed by atoms with Gasteiger partial charge in [0.2, 0.25) is 0 Å². The lowest BCUT2D eigenvalue weighted by molar-refractivity contribution is 0.183. The number of carbonyl (C=O) groups is 1. The van der Waals surface area contributed by atoms with Crippen LogP contribution < -0.4 is 5.32 Å². The summed E-state index contributed by atoms with van der Waals surface area (Å²) in [4.78, 5) is 17.2. The van der Waals surface area contributed by atoms with E-state index in [9.17, 15) is 9.18 Å². The Balaban J connectivity index is 1.57. The predicted octanol–water partition coefficient (Wildman–Crippen LogP) is 2.56. The highest BCUT2D eigenvalue weighted by atomic mass is 32.1. The van der Waals surface area contributed by atoms with Crippen molar-refractivity contribution in [3.8, 4) is 0 Å². The van der Waals surface area contributed by atoms with Crippen LogP contribution in [0.1, 0.15) is 11.3 Å². The number of urea groups is 1. The molecule has 1 aliphatic heterocycles. The van der Waals surface area contributed by atoms with Crippen molar-refractivity contribution in [2.45, 2.75) is 25.2 Å². The Morgan fingerprint density at radius 1 is 1.58 bits per heavy atom. The number of carbonyl (C=O) groups excluding carboxylic acids is 1. The van der Waals surface area contributed by atoms with Crippen LogP contribution in [0.25, 0.3) is 0 Å². The molecule has 3 heterocycles. The molecule has 2 aromatic rings. The van der Waals surface area contributed by atoms with Gasteiger partial charge in [-0.05, 0) is 17.9 Å². The third-order valence-corrected chi connectivity index (χ3v) is 5.06. The van der Waals surface area contributed by atoms with E-state index in [0.29, 0.717) is 25.2 Å². The van der Waals surface area contributed by atoms with Gasteiger partial charge >= 0.3 is 6.03 Å². The van der Waals surface area contributed by atoms with E-state index in [1.165, 1.54) is 4.88 Å². The standard InChI is InChI=1S/C16H22FN5OS/c1-20(16(23)19-13-7-18-21(2)9-13)10-14-6-12(17)8-22(14)11-15-4-3-5-24-15/h3-5,7,9,12,14H,6,8,10-11H2,1-2H3,(H,19,23)/t12-,14-/m0/s1. The largest absolute Gasteiger partial charge is 0.326 e. The SMILES string of the molecule is CN(C[C@@H]1C[C@H](F)CN1Cc1cccs1)C(=O)Nc1cnn(C)c1. The summed E-state index contributed by atoms with van der Waals surface area (Å²) in [5.74, 6) is 0. The Morgan fingerprint density at radius 3 is 3.08 bits per heavy atom. The Bertz CT molecular complexity index is 674. The zero-order valence-corrected chi connectivity index (χ0v) is 14.7. The van der Waals surface area contributed by atoms with Crippen molar-refractivity contribution >= 4 is 23.1 Å². The van der Waals surface area contributed by atoms with E-state index in [1.54, 1.807) is 47.4 Å². The molecule has 2 atom stereocenters. The fourth-order valence-electron chi connectivity index (χ4n) is 3.01. The van der Waals surface area contributed by atoms with Gasteiger partial charge in [-0.15, -0.1) is 11.3 Å². The highest BCUT2D eigenvalue weighted by Crippen LogP contribution is 2.25. The summed E-state index contributed by atoms with van der Waals surface area (Å²) >= 11 is 1.68. The molecule has 0 unspecified atom stereocenters. The van der Waals surface area contributed by atoms with Gasteiger partial charge in [0.05, 0.1) is 11.9 Å². The van der Waals surface area contributed by atoms with Crippen LogP contribution in [0, 0.1) is 0 Å². The number of hydrogen-bond donors (Lipinski definition) is 1. The zero-order chi connectivity index (χ0) is 17.1. The number of aromatic nitrogens is 2. The Morgan fingerprint density at radius 2 is 2.42 bits per heavy atom. The van der Waals surface area contributed by atoms with Gasteiger partial charge in [0.1, 0.15) is 6.17 Å². The molecule has 6 nitrogen and oxygen atoms in total. The van der Waals surface area contributed by atoms with E-state index in [0.717, 1.165) is 6.54 Å². The predicted molar refractivity (Wildman–Crippen MR) is 92.9 cm³/mol. The molecule has 2 aromatic heterocycles. The monoisotopic (exact) mass is 351 g/mol. The Hall–Kier alpha value is -1.93. The lowest BCUT2D eigenvalue weighted by atomic mass is 10.2. The number of nitrogens with zero attached hydrogens (tertiary/aromatic N) is 4. The topological polar surface area (TPSA) is 53.4 Å². The maximum Gasteiger partial charge on any atom is 0.321 e. The van der Waals surface area contributed by atoms with Crippen LogP contribution >= 0.6 is 11.3 Å². The molecular formula is C16H22FN5OS. The summed E-state index contributed by atoms with van der Waals surface area (Å²) in [6.07, 6.45) is 2.98. The number of nitrogens with one attached hydrogen (secondary N) is 1. The molecule has 0 aliphatic carbocycles. The molecule has 0 aromatic carbocycles. The van der Waals surface area contributed by atoms with Gasteiger partial charge < -0.3 is 10.2 Å². The van der Waals surface area contributed by atoms with Crippen LogP contribution in [0.3, 0.4) is 0 Å². The maximum atomic E-state index is 13.9. The van der Waals surface area contributed by atoms with Crippen molar-refractivity contribution in [1.82, 2.24) is 19.6 Å². The minimum atomic E-state index is -0.829. The van der Waals surface area contributed by atoms with Crippen molar-refractivity contribution in [3.63, 3.8) is 0 Å². The van der Waals surface area contributed by atoms with Crippen LogP contribution in [0.15, 0.2) is 29.9 Å². The first-order valence-electron chi connectivity index (χ1n) is 7.92. The summed E-state index contributed by atoms with van der Waals surface area (Å²) in [7, 11) is 3.53. The molecule has 3 rings (SSSR count). The van der Waals surface area contributed by atoms with E-state index in [2.05, 4.69) is 21.4 Å². The molecule has 1 saturated heterocycles. The summed E-state index contributed by atoms with van der Waals surface area (Å²) in [5.41, 5.74) is 0.652. The number of thiophene rings is 1. The highest BCUT2D eigenvalue weighted by Gasteiger charge is 2.33. The van der Waals surface area contributed by atoms with Crippen LogP contribution in [0.4, 0.5) is 14.9 Å². The average Bonchev–Trinajstić information content (AvgIpc) is 3.24. The third kappa shape index (κ3) is 4.12. The summed E-state index contributed by atoms with van der Waals surface area (Å²) < 4.78 is 15.5. The fraction of sp³-hybridized carbons (Fsp3) is 0.500. The molecule has 130 valence electrons. The third-order valence-electron chi connectivity index (χ3n) is 4.20.